The molecule has 9 heteroatoms. The van der Waals surface area contributed by atoms with E-state index in [2.05, 4.69) is 10.5 Å². The van der Waals surface area contributed by atoms with E-state index in [9.17, 15) is 13.2 Å². The number of amides is 1. The number of benzene rings is 3. The molecule has 6 nitrogen and oxygen atoms in total. The second kappa shape index (κ2) is 9.96. The topological polar surface area (TPSA) is 84.8 Å². The number of aryl methyl sites for hydroxylation is 1. The fraction of sp³-hybridized carbons (Fsp3) is 0.0909. The number of hydrogen-bond donors (Lipinski definition) is 1. The Balaban J connectivity index is 1.74. The zero-order valence-electron chi connectivity index (χ0n) is 16.4. The second-order valence-corrected chi connectivity index (χ2v) is 8.99. The second-order valence-electron chi connectivity index (χ2n) is 6.60. The summed E-state index contributed by atoms with van der Waals surface area (Å²) in [4.78, 5) is 12.1. The summed E-state index contributed by atoms with van der Waals surface area (Å²) in [7, 11) is -4.08. The van der Waals surface area contributed by atoms with Gasteiger partial charge in [-0.05, 0) is 48.9 Å². The summed E-state index contributed by atoms with van der Waals surface area (Å²) in [6.45, 7) is 1.85. The molecule has 0 aliphatic heterocycles. The lowest BCUT2D eigenvalue weighted by Gasteiger charge is -2.10. The van der Waals surface area contributed by atoms with Crippen molar-refractivity contribution in [2.45, 2.75) is 18.2 Å². The van der Waals surface area contributed by atoms with Crippen LogP contribution in [0.25, 0.3) is 0 Å². The van der Waals surface area contributed by atoms with Gasteiger partial charge in [-0.15, -0.1) is 0 Å². The van der Waals surface area contributed by atoms with E-state index >= 15 is 0 Å². The number of carbonyl (C=O) groups excluding carboxylic acids is 1. The van der Waals surface area contributed by atoms with Crippen molar-refractivity contribution in [3.63, 3.8) is 0 Å². The Morgan fingerprint density at radius 1 is 1.06 bits per heavy atom. The summed E-state index contributed by atoms with van der Waals surface area (Å²) in [5, 5.41) is 4.62. The zero-order valence-corrected chi connectivity index (χ0v) is 18.7. The third kappa shape index (κ3) is 6.30. The molecule has 0 heterocycles. The summed E-state index contributed by atoms with van der Waals surface area (Å²) in [5.74, 6) is -0.388. The number of halogens is 2. The van der Waals surface area contributed by atoms with Gasteiger partial charge in [-0.3, -0.25) is 4.79 Å². The standard InChI is InChI=1S/C22H18Cl2N2O4S/c1-15-8-10-18(11-9-15)31(28,29)30-21-7-3-6-20(24)19(21)14-25-26-22(27)13-16-4-2-5-17(23)12-16/h2-12,14H,13H2,1H3,(H,26,27)/b25-14+. The maximum atomic E-state index is 12.6. The third-order valence-corrected chi connectivity index (χ3v) is 5.97. The normalized spacial score (nSPS) is 11.5. The van der Waals surface area contributed by atoms with Crippen LogP contribution in [-0.4, -0.2) is 20.5 Å². The number of carbonyl (C=O) groups is 1. The van der Waals surface area contributed by atoms with Crippen LogP contribution in [0.1, 0.15) is 16.7 Å². The van der Waals surface area contributed by atoms with Crippen LogP contribution in [0.3, 0.4) is 0 Å². The number of nitrogens with one attached hydrogen (secondary N) is 1. The van der Waals surface area contributed by atoms with Gasteiger partial charge < -0.3 is 4.18 Å². The highest BCUT2D eigenvalue weighted by atomic mass is 35.5. The highest BCUT2D eigenvalue weighted by Gasteiger charge is 2.19. The number of hydrazone groups is 1. The van der Waals surface area contributed by atoms with Crippen molar-refractivity contribution in [3.05, 3.63) is 93.5 Å². The monoisotopic (exact) mass is 476 g/mol. The first kappa shape index (κ1) is 22.8. The molecule has 160 valence electrons. The van der Waals surface area contributed by atoms with Crippen molar-refractivity contribution in [2.24, 2.45) is 5.10 Å². The molecule has 3 aromatic rings. The van der Waals surface area contributed by atoms with Gasteiger partial charge in [-0.2, -0.15) is 13.5 Å². The molecule has 0 spiro atoms. The molecule has 1 N–H and O–H groups in total. The summed E-state index contributed by atoms with van der Waals surface area (Å²) in [6, 6.07) is 17.7. The largest absolute Gasteiger partial charge is 0.378 e. The molecular weight excluding hydrogens is 459 g/mol. The quantitative estimate of drug-likeness (QED) is 0.302. The first-order valence-corrected chi connectivity index (χ1v) is 11.3. The van der Waals surface area contributed by atoms with Crippen LogP contribution in [0.2, 0.25) is 10.0 Å². The molecule has 0 saturated carbocycles. The molecule has 0 aliphatic carbocycles. The van der Waals surface area contributed by atoms with Gasteiger partial charge in [0.1, 0.15) is 4.90 Å². The Morgan fingerprint density at radius 3 is 2.48 bits per heavy atom. The van der Waals surface area contributed by atoms with Crippen molar-refractivity contribution >= 4 is 45.4 Å². The van der Waals surface area contributed by atoms with Gasteiger partial charge in [0.2, 0.25) is 5.91 Å². The number of rotatable bonds is 7. The van der Waals surface area contributed by atoms with Gasteiger partial charge in [-0.1, -0.05) is 59.1 Å². The molecule has 0 bridgehead atoms. The summed E-state index contributed by atoms with van der Waals surface area (Å²) < 4.78 is 30.5. The number of nitrogens with zero attached hydrogens (tertiary/aromatic N) is 1. The van der Waals surface area contributed by atoms with Crippen LogP contribution in [0.4, 0.5) is 0 Å². The molecule has 0 fully saturated rings. The lowest BCUT2D eigenvalue weighted by molar-refractivity contribution is -0.120. The van der Waals surface area contributed by atoms with Gasteiger partial charge in [0, 0.05) is 5.02 Å². The van der Waals surface area contributed by atoms with Crippen LogP contribution in [0.5, 0.6) is 5.75 Å². The molecule has 0 saturated heterocycles. The molecule has 0 aromatic heterocycles. The first-order valence-electron chi connectivity index (χ1n) is 9.10. The molecule has 3 aromatic carbocycles. The molecular formula is C22H18Cl2N2O4S. The minimum Gasteiger partial charge on any atom is -0.378 e. The summed E-state index contributed by atoms with van der Waals surface area (Å²) in [6.07, 6.45) is 1.31. The molecule has 1 amide bonds. The molecule has 0 unspecified atom stereocenters. The van der Waals surface area contributed by atoms with Crippen LogP contribution in [0.15, 0.2) is 76.7 Å². The fourth-order valence-electron chi connectivity index (χ4n) is 2.63. The average molecular weight is 477 g/mol. The first-order chi connectivity index (χ1) is 14.7. The summed E-state index contributed by atoms with van der Waals surface area (Å²) in [5.41, 5.74) is 4.24. The summed E-state index contributed by atoms with van der Waals surface area (Å²) >= 11 is 12.1. The predicted molar refractivity (Wildman–Crippen MR) is 121 cm³/mol. The van der Waals surface area contributed by atoms with E-state index in [1.807, 2.05) is 6.92 Å². The van der Waals surface area contributed by atoms with E-state index < -0.39 is 10.1 Å². The predicted octanol–water partition coefficient (Wildman–Crippen LogP) is 4.76. The Labute approximate surface area is 190 Å². The lowest BCUT2D eigenvalue weighted by atomic mass is 10.1. The van der Waals surface area contributed by atoms with Crippen molar-refractivity contribution in [3.8, 4) is 5.75 Å². The van der Waals surface area contributed by atoms with E-state index in [0.717, 1.165) is 11.1 Å². The Hall–Kier alpha value is -2.87. The van der Waals surface area contributed by atoms with Crippen LogP contribution >= 0.6 is 23.2 Å². The number of hydrogen-bond acceptors (Lipinski definition) is 5. The van der Waals surface area contributed by atoms with Gasteiger partial charge in [0.15, 0.2) is 5.75 Å². The van der Waals surface area contributed by atoms with Crippen molar-refractivity contribution in [1.29, 1.82) is 0 Å². The van der Waals surface area contributed by atoms with Gasteiger partial charge in [0.25, 0.3) is 0 Å². The molecule has 0 atom stereocenters. The third-order valence-electron chi connectivity index (χ3n) is 4.16. The zero-order chi connectivity index (χ0) is 22.4. The lowest BCUT2D eigenvalue weighted by Crippen LogP contribution is -2.20. The molecule has 0 radical (unpaired) electrons. The van der Waals surface area contributed by atoms with E-state index in [0.29, 0.717) is 5.02 Å². The average Bonchev–Trinajstić information content (AvgIpc) is 2.70. The van der Waals surface area contributed by atoms with E-state index in [1.165, 1.54) is 24.4 Å². The maximum Gasteiger partial charge on any atom is 0.339 e. The fourth-order valence-corrected chi connectivity index (χ4v) is 4.00. The molecule has 3 rings (SSSR count). The molecule has 31 heavy (non-hydrogen) atoms. The van der Waals surface area contributed by atoms with E-state index in [1.54, 1.807) is 48.5 Å². The van der Waals surface area contributed by atoms with E-state index in [4.69, 9.17) is 27.4 Å². The Kier molecular flexibility index (Phi) is 7.33. The van der Waals surface area contributed by atoms with Crippen molar-refractivity contribution < 1.29 is 17.4 Å². The SMILES string of the molecule is Cc1ccc(S(=O)(=O)Oc2cccc(Cl)c2/C=N/NC(=O)Cc2cccc(Cl)c2)cc1. The van der Waals surface area contributed by atoms with Crippen LogP contribution < -0.4 is 9.61 Å². The highest BCUT2D eigenvalue weighted by molar-refractivity contribution is 7.87. The van der Waals surface area contributed by atoms with Crippen molar-refractivity contribution in [2.75, 3.05) is 0 Å². The van der Waals surface area contributed by atoms with Gasteiger partial charge in [-0.25, -0.2) is 5.43 Å². The Bertz CT molecular complexity index is 1230. The van der Waals surface area contributed by atoms with Gasteiger partial charge in [0.05, 0.1) is 23.2 Å². The van der Waals surface area contributed by atoms with Gasteiger partial charge >= 0.3 is 10.1 Å². The highest BCUT2D eigenvalue weighted by Crippen LogP contribution is 2.27. The van der Waals surface area contributed by atoms with E-state index in [-0.39, 0.29) is 33.6 Å². The maximum absolute atomic E-state index is 12.6. The Morgan fingerprint density at radius 2 is 1.77 bits per heavy atom. The van der Waals surface area contributed by atoms with Crippen LogP contribution in [-0.2, 0) is 21.3 Å². The van der Waals surface area contributed by atoms with Crippen LogP contribution in [0, 0.1) is 6.92 Å². The minimum absolute atomic E-state index is 0.00999. The van der Waals surface area contributed by atoms with Crippen molar-refractivity contribution in [1.82, 2.24) is 5.43 Å². The molecule has 0 aliphatic rings. The smallest absolute Gasteiger partial charge is 0.339 e. The minimum atomic E-state index is -4.08.